The Labute approximate surface area is 238 Å². The molecular formula is C30H40F3N7O. The molecular weight excluding hydrogens is 531 g/mol. The fourth-order valence-corrected chi connectivity index (χ4v) is 8.42. The quantitative estimate of drug-likeness (QED) is 0.538. The molecule has 5 atom stereocenters. The van der Waals surface area contributed by atoms with Crippen LogP contribution in [0.1, 0.15) is 75.0 Å². The van der Waals surface area contributed by atoms with E-state index in [1.54, 1.807) is 6.20 Å². The van der Waals surface area contributed by atoms with Crippen molar-refractivity contribution < 1.29 is 13.2 Å². The van der Waals surface area contributed by atoms with E-state index in [1.165, 1.54) is 40.5 Å². The number of hydrogen-bond donors (Lipinski definition) is 2. The van der Waals surface area contributed by atoms with Crippen LogP contribution in [0.4, 0.5) is 13.2 Å². The van der Waals surface area contributed by atoms with Crippen LogP contribution in [0.15, 0.2) is 23.3 Å². The summed E-state index contributed by atoms with van der Waals surface area (Å²) in [7, 11) is 2.08. The second-order valence-corrected chi connectivity index (χ2v) is 13.7. The monoisotopic (exact) mass is 571 g/mol. The fourth-order valence-electron chi connectivity index (χ4n) is 8.42. The fraction of sp³-hybridized carbons (Fsp3) is 0.733. The van der Waals surface area contributed by atoms with Gasteiger partial charge in [-0.2, -0.15) is 18.4 Å². The zero-order valence-electron chi connectivity index (χ0n) is 23.7. The van der Waals surface area contributed by atoms with Gasteiger partial charge in [-0.1, -0.05) is 19.3 Å². The molecule has 7 rings (SSSR count). The molecule has 2 saturated heterocycles. The summed E-state index contributed by atoms with van der Waals surface area (Å²) < 4.78 is 45.8. The minimum Gasteiger partial charge on any atom is -0.298 e. The summed E-state index contributed by atoms with van der Waals surface area (Å²) in [6.07, 6.45) is 7.53. The maximum absolute atomic E-state index is 14.4. The Morgan fingerprint density at radius 2 is 1.95 bits per heavy atom. The molecule has 0 radical (unpaired) electrons. The number of nitrogens with zero attached hydrogens (tertiary/aromatic N) is 5. The molecule has 11 heteroatoms. The van der Waals surface area contributed by atoms with Crippen molar-refractivity contribution in [1.82, 2.24) is 29.6 Å². The molecule has 4 heterocycles. The van der Waals surface area contributed by atoms with E-state index >= 15 is 0 Å². The Kier molecular flexibility index (Phi) is 6.77. The van der Waals surface area contributed by atoms with E-state index in [4.69, 9.17) is 0 Å². The third-order valence-electron chi connectivity index (χ3n) is 11.0. The van der Waals surface area contributed by atoms with Crippen molar-refractivity contribution in [3.05, 3.63) is 40.1 Å². The van der Waals surface area contributed by atoms with Crippen LogP contribution in [0.25, 0.3) is 5.52 Å². The molecule has 8 nitrogen and oxygen atoms in total. The zero-order chi connectivity index (χ0) is 28.5. The average Bonchev–Trinajstić information content (AvgIpc) is 3.18. The van der Waals surface area contributed by atoms with Crippen LogP contribution in [-0.4, -0.2) is 51.7 Å². The molecule has 2 aromatic heterocycles. The molecule has 5 aliphatic rings. The smallest absolute Gasteiger partial charge is 0.298 e. The lowest BCUT2D eigenvalue weighted by molar-refractivity contribution is -0.136. The van der Waals surface area contributed by atoms with Crippen LogP contribution in [0.5, 0.6) is 0 Å². The molecule has 2 aromatic rings. The van der Waals surface area contributed by atoms with Crippen LogP contribution < -0.4 is 16.5 Å². The topological polar surface area (TPSA) is 80.7 Å². The van der Waals surface area contributed by atoms with Gasteiger partial charge in [0, 0.05) is 37.4 Å². The van der Waals surface area contributed by atoms with Gasteiger partial charge < -0.3 is 0 Å². The summed E-state index contributed by atoms with van der Waals surface area (Å²) in [5.41, 5.74) is 6.28. The average molecular weight is 572 g/mol. The highest BCUT2D eigenvalue weighted by Gasteiger charge is 2.48. The van der Waals surface area contributed by atoms with Crippen LogP contribution in [0, 0.1) is 40.4 Å². The van der Waals surface area contributed by atoms with E-state index in [0.717, 1.165) is 45.4 Å². The number of hydrogen-bond acceptors (Lipinski definition) is 6. The van der Waals surface area contributed by atoms with Gasteiger partial charge in [0.25, 0.3) is 0 Å². The second-order valence-electron chi connectivity index (χ2n) is 13.7. The molecule has 2 aliphatic heterocycles. The highest BCUT2D eigenvalue weighted by Crippen LogP contribution is 2.53. The van der Waals surface area contributed by atoms with Crippen molar-refractivity contribution in [3.8, 4) is 6.07 Å². The van der Waals surface area contributed by atoms with Gasteiger partial charge in [0.2, 0.25) is 0 Å². The Bertz CT molecular complexity index is 1400. The molecule has 4 unspecified atom stereocenters. The summed E-state index contributed by atoms with van der Waals surface area (Å²) in [4.78, 5) is 18.3. The number of pyridine rings is 1. The van der Waals surface area contributed by atoms with Crippen molar-refractivity contribution in [2.24, 2.45) is 29.1 Å². The van der Waals surface area contributed by atoms with E-state index in [2.05, 4.69) is 33.8 Å². The maximum Gasteiger partial charge on any atom is 0.418 e. The van der Waals surface area contributed by atoms with Gasteiger partial charge >= 0.3 is 11.9 Å². The minimum atomic E-state index is -4.58. The van der Waals surface area contributed by atoms with Crippen LogP contribution >= 0.6 is 0 Å². The van der Waals surface area contributed by atoms with E-state index < -0.39 is 17.4 Å². The lowest BCUT2D eigenvalue weighted by Gasteiger charge is -2.46. The standard InChI is InChI=1S/C30H40F3N7O/c1-37-18-35-36-27(37)26(21-3-2-4-21)22-9-19(13-34)10-23(12-22)39-16-25-24(30(31,32)33)11-20(15-40(25)28(39)41)14-38-8-7-29(17-38)5-6-29/h11,15-16,19,21-23,26-27,35-36H,2-10,12,14,17-18H2,1H3/t19?,22?,23?,26-,27?/m1/s1. The third kappa shape index (κ3) is 5.01. The van der Waals surface area contributed by atoms with E-state index in [0.29, 0.717) is 42.2 Å². The number of hydrazine groups is 1. The van der Waals surface area contributed by atoms with Crippen molar-refractivity contribution in [2.75, 3.05) is 26.8 Å². The van der Waals surface area contributed by atoms with Crippen LogP contribution in [-0.2, 0) is 12.7 Å². The minimum absolute atomic E-state index is 0.0982. The summed E-state index contributed by atoms with van der Waals surface area (Å²) in [5.74, 6) is 0.810. The molecule has 41 heavy (non-hydrogen) atoms. The lowest BCUT2D eigenvalue weighted by Crippen LogP contribution is -2.50. The number of aromatic nitrogens is 2. The first-order valence-corrected chi connectivity index (χ1v) is 15.3. The number of rotatable bonds is 6. The summed E-state index contributed by atoms with van der Waals surface area (Å²) in [6.45, 7) is 2.96. The van der Waals surface area contributed by atoms with Gasteiger partial charge in [-0.3, -0.25) is 18.8 Å². The van der Waals surface area contributed by atoms with E-state index in [1.807, 2.05) is 0 Å². The first-order chi connectivity index (χ1) is 19.6. The number of halogens is 3. The van der Waals surface area contributed by atoms with Crippen molar-refractivity contribution in [3.63, 3.8) is 0 Å². The van der Waals surface area contributed by atoms with E-state index in [-0.39, 0.29) is 29.6 Å². The molecule has 3 saturated carbocycles. The molecule has 222 valence electrons. The second kappa shape index (κ2) is 10.1. The SMILES string of the molecule is CN1CNNC1[C@H](C1CCC1)C1CC(C#N)CC(n2cc3c(C(F)(F)F)cc(CN4CCC5(CC5)C4)cn3c2=O)C1. The molecule has 5 fully saturated rings. The van der Waals surface area contributed by atoms with Gasteiger partial charge in [-0.05, 0) is 86.9 Å². The molecule has 2 N–H and O–H groups in total. The zero-order valence-corrected chi connectivity index (χ0v) is 23.7. The van der Waals surface area contributed by atoms with Gasteiger partial charge in [0.1, 0.15) is 0 Å². The van der Waals surface area contributed by atoms with Crippen molar-refractivity contribution >= 4 is 5.52 Å². The van der Waals surface area contributed by atoms with Crippen molar-refractivity contribution in [2.45, 2.75) is 82.7 Å². The molecule has 0 amide bonds. The number of nitrogens with one attached hydrogen (secondary N) is 2. The Hall–Kier alpha value is -2.39. The Morgan fingerprint density at radius 1 is 1.15 bits per heavy atom. The largest absolute Gasteiger partial charge is 0.418 e. The summed E-state index contributed by atoms with van der Waals surface area (Å²) >= 11 is 0. The first kappa shape index (κ1) is 27.4. The first-order valence-electron chi connectivity index (χ1n) is 15.3. The van der Waals surface area contributed by atoms with Gasteiger partial charge in [0.05, 0.1) is 30.0 Å². The molecule has 0 aromatic carbocycles. The Balaban J connectivity index is 1.22. The normalized spacial score (nSPS) is 31.5. The number of likely N-dealkylation sites (tertiary alicyclic amines) is 1. The third-order valence-corrected chi connectivity index (χ3v) is 11.0. The van der Waals surface area contributed by atoms with Crippen LogP contribution in [0.2, 0.25) is 0 Å². The predicted octanol–water partition coefficient (Wildman–Crippen LogP) is 4.33. The number of alkyl halides is 3. The maximum atomic E-state index is 14.4. The molecule has 0 bridgehead atoms. The summed E-state index contributed by atoms with van der Waals surface area (Å²) in [5, 5.41) is 10.0. The lowest BCUT2D eigenvalue weighted by atomic mass is 9.63. The van der Waals surface area contributed by atoms with Crippen molar-refractivity contribution in [1.29, 1.82) is 5.26 Å². The molecule has 3 aliphatic carbocycles. The van der Waals surface area contributed by atoms with Crippen LogP contribution in [0.3, 0.4) is 0 Å². The van der Waals surface area contributed by atoms with Gasteiger partial charge in [-0.15, -0.1) is 0 Å². The molecule has 1 spiro atoms. The van der Waals surface area contributed by atoms with Gasteiger partial charge in [-0.25, -0.2) is 15.6 Å². The number of imidazole rings is 1. The number of nitriles is 1. The van der Waals surface area contributed by atoms with Gasteiger partial charge in [0.15, 0.2) is 0 Å². The summed E-state index contributed by atoms with van der Waals surface area (Å²) in [6, 6.07) is 3.38. The Morgan fingerprint density at radius 3 is 2.56 bits per heavy atom. The number of fused-ring (bicyclic) bond motifs is 1. The predicted molar refractivity (Wildman–Crippen MR) is 147 cm³/mol. The van der Waals surface area contributed by atoms with E-state index in [9.17, 15) is 23.2 Å². The highest BCUT2D eigenvalue weighted by atomic mass is 19.4. The highest BCUT2D eigenvalue weighted by molar-refractivity contribution is 5.56.